The fraction of sp³-hybridized carbons (Fsp3) is 1.00. The molecule has 0 aliphatic rings. The second-order valence-corrected chi connectivity index (χ2v) is 10.2. The Balaban J connectivity index is 4.03. The Morgan fingerprint density at radius 1 is 0.933 bits per heavy atom. The first kappa shape index (κ1) is 15.6. The van der Waals surface area contributed by atoms with Gasteiger partial charge in [-0.05, 0) is 44.9 Å². The van der Waals surface area contributed by atoms with Crippen LogP contribution >= 0.6 is 7.92 Å². The van der Waals surface area contributed by atoms with Crippen LogP contribution in [0.3, 0.4) is 0 Å². The van der Waals surface area contributed by atoms with Crippen molar-refractivity contribution in [3.8, 4) is 0 Å². The summed E-state index contributed by atoms with van der Waals surface area (Å²) in [6, 6.07) is 1.17. The van der Waals surface area contributed by atoms with Crippen LogP contribution in [-0.4, -0.2) is 40.3 Å². The average Bonchev–Trinajstić information content (AvgIpc) is 2.20. The molecule has 0 amide bonds. The van der Waals surface area contributed by atoms with Gasteiger partial charge in [-0.2, -0.15) is 0 Å². The lowest BCUT2D eigenvalue weighted by atomic mass is 10.9. The van der Waals surface area contributed by atoms with Gasteiger partial charge >= 0.3 is 8.56 Å². The molecule has 0 unspecified atom stereocenters. The minimum atomic E-state index is -1.83. The number of hydrogen-bond donors (Lipinski definition) is 0. The summed E-state index contributed by atoms with van der Waals surface area (Å²) >= 11 is 0. The molecule has 0 bridgehead atoms. The summed E-state index contributed by atoms with van der Waals surface area (Å²) in [6.45, 7) is 12.5. The first-order chi connectivity index (χ1) is 7.11. The van der Waals surface area contributed by atoms with Gasteiger partial charge in [-0.3, -0.25) is 0 Å². The Morgan fingerprint density at radius 2 is 1.40 bits per heavy atom. The molecule has 0 aliphatic heterocycles. The van der Waals surface area contributed by atoms with Crippen LogP contribution in [0, 0.1) is 0 Å². The first-order valence-electron chi connectivity index (χ1n) is 6.12. The van der Waals surface area contributed by atoms with E-state index in [0.29, 0.717) is 0 Å². The predicted molar refractivity (Wildman–Crippen MR) is 72.5 cm³/mol. The van der Waals surface area contributed by atoms with Crippen molar-refractivity contribution in [2.45, 2.75) is 40.3 Å². The summed E-state index contributed by atoms with van der Waals surface area (Å²) in [4.78, 5) is 0. The van der Waals surface area contributed by atoms with E-state index in [2.05, 4.69) is 34.2 Å². The molecule has 4 heteroatoms. The normalized spacial score (nSPS) is 12.4. The van der Waals surface area contributed by atoms with E-state index in [-0.39, 0.29) is 7.92 Å². The van der Waals surface area contributed by atoms with E-state index in [9.17, 15) is 0 Å². The van der Waals surface area contributed by atoms with Crippen molar-refractivity contribution in [1.82, 2.24) is 0 Å². The van der Waals surface area contributed by atoms with E-state index in [4.69, 9.17) is 8.85 Å². The van der Waals surface area contributed by atoms with Crippen LogP contribution in [0.5, 0.6) is 0 Å². The van der Waals surface area contributed by atoms with Gasteiger partial charge in [-0.15, -0.1) is 7.92 Å². The van der Waals surface area contributed by atoms with Crippen molar-refractivity contribution in [3.05, 3.63) is 0 Å². The first-order valence-corrected chi connectivity index (χ1v) is 10.5. The smallest absolute Gasteiger partial charge is 0.335 e. The van der Waals surface area contributed by atoms with Crippen LogP contribution in [0.15, 0.2) is 0 Å². The molecular formula is C11H27O2PSi. The molecule has 0 saturated carbocycles. The molecular weight excluding hydrogens is 223 g/mol. The molecule has 0 radical (unpaired) electrons. The molecule has 15 heavy (non-hydrogen) atoms. The second kappa shape index (κ2) is 8.69. The van der Waals surface area contributed by atoms with Crippen LogP contribution in [0.4, 0.5) is 0 Å². The lowest BCUT2D eigenvalue weighted by Gasteiger charge is -2.27. The molecule has 0 spiro atoms. The lowest BCUT2D eigenvalue weighted by molar-refractivity contribution is 0.190. The van der Waals surface area contributed by atoms with Gasteiger partial charge in [0.05, 0.1) is 0 Å². The summed E-state index contributed by atoms with van der Waals surface area (Å²) in [5.74, 6) is 0. The van der Waals surface area contributed by atoms with E-state index >= 15 is 0 Å². The molecule has 0 rings (SSSR count). The minimum Gasteiger partial charge on any atom is -0.395 e. The van der Waals surface area contributed by atoms with Crippen molar-refractivity contribution in [2.75, 3.05) is 31.7 Å². The third kappa shape index (κ3) is 6.67. The summed E-state index contributed by atoms with van der Waals surface area (Å²) in [6.07, 6.45) is 4.01. The van der Waals surface area contributed by atoms with Gasteiger partial charge in [0.1, 0.15) is 0 Å². The molecule has 0 fully saturated rings. The van der Waals surface area contributed by atoms with Crippen LogP contribution in [0.25, 0.3) is 0 Å². The maximum atomic E-state index is 5.84. The average molecular weight is 250 g/mol. The van der Waals surface area contributed by atoms with Gasteiger partial charge in [0.25, 0.3) is 0 Å². The molecule has 0 aromatic rings. The zero-order valence-electron chi connectivity index (χ0n) is 11.0. The van der Waals surface area contributed by atoms with Gasteiger partial charge in [0.2, 0.25) is 0 Å². The Labute approximate surface area is 97.7 Å². The summed E-state index contributed by atoms with van der Waals surface area (Å²) in [5.41, 5.74) is 0. The van der Waals surface area contributed by atoms with Gasteiger partial charge in [0.15, 0.2) is 0 Å². The SMILES string of the molecule is CCO[Si](C)(CCP(CC)CC)OCC. The van der Waals surface area contributed by atoms with Crippen molar-refractivity contribution in [1.29, 1.82) is 0 Å². The van der Waals surface area contributed by atoms with Gasteiger partial charge in [0, 0.05) is 13.2 Å². The maximum Gasteiger partial charge on any atom is 0.335 e. The molecule has 2 nitrogen and oxygen atoms in total. The monoisotopic (exact) mass is 250 g/mol. The Morgan fingerprint density at radius 3 is 1.73 bits per heavy atom. The fourth-order valence-corrected chi connectivity index (χ4v) is 7.26. The summed E-state index contributed by atoms with van der Waals surface area (Å²) in [5, 5.41) is 0. The maximum absolute atomic E-state index is 5.84. The lowest BCUT2D eigenvalue weighted by Crippen LogP contribution is -2.39. The molecule has 0 N–H and O–H groups in total. The molecule has 0 aromatic heterocycles. The predicted octanol–water partition coefficient (Wildman–Crippen LogP) is 3.65. The van der Waals surface area contributed by atoms with E-state index in [0.717, 1.165) is 13.2 Å². The third-order valence-corrected chi connectivity index (χ3v) is 8.70. The van der Waals surface area contributed by atoms with E-state index in [1.807, 2.05) is 0 Å². The standard InChI is InChI=1S/C11H27O2PSi/c1-6-12-15(5,13-7-2)11-10-14(8-3)9-4/h6-11H2,1-5H3. The van der Waals surface area contributed by atoms with E-state index in [1.54, 1.807) is 0 Å². The molecule has 0 atom stereocenters. The van der Waals surface area contributed by atoms with Gasteiger partial charge in [-0.25, -0.2) is 0 Å². The van der Waals surface area contributed by atoms with E-state index < -0.39 is 8.56 Å². The molecule has 0 saturated heterocycles. The molecule has 0 heterocycles. The minimum absolute atomic E-state index is 0.233. The van der Waals surface area contributed by atoms with Crippen LogP contribution in [-0.2, 0) is 8.85 Å². The van der Waals surface area contributed by atoms with Crippen LogP contribution in [0.1, 0.15) is 27.7 Å². The zero-order valence-corrected chi connectivity index (χ0v) is 12.9. The Hall–Kier alpha value is 0.567. The summed E-state index contributed by atoms with van der Waals surface area (Å²) in [7, 11) is -1.60. The third-order valence-electron chi connectivity index (χ3n) is 2.68. The quantitative estimate of drug-likeness (QED) is 0.459. The topological polar surface area (TPSA) is 18.5 Å². The Kier molecular flexibility index (Phi) is 9.02. The molecule has 0 aromatic carbocycles. The molecule has 0 aliphatic carbocycles. The largest absolute Gasteiger partial charge is 0.395 e. The summed E-state index contributed by atoms with van der Waals surface area (Å²) < 4.78 is 11.7. The van der Waals surface area contributed by atoms with Crippen LogP contribution < -0.4 is 0 Å². The van der Waals surface area contributed by atoms with Crippen LogP contribution in [0.2, 0.25) is 12.6 Å². The van der Waals surface area contributed by atoms with Crippen molar-refractivity contribution in [2.24, 2.45) is 0 Å². The highest BCUT2D eigenvalue weighted by Gasteiger charge is 2.30. The van der Waals surface area contributed by atoms with Crippen molar-refractivity contribution >= 4 is 16.5 Å². The molecule has 92 valence electrons. The van der Waals surface area contributed by atoms with Gasteiger partial charge in [-0.1, -0.05) is 13.8 Å². The highest BCUT2D eigenvalue weighted by molar-refractivity contribution is 7.57. The highest BCUT2D eigenvalue weighted by atomic mass is 31.1. The fourth-order valence-electron chi connectivity index (χ4n) is 1.70. The Bertz CT molecular complexity index is 146. The van der Waals surface area contributed by atoms with Crippen molar-refractivity contribution in [3.63, 3.8) is 0 Å². The number of rotatable bonds is 9. The second-order valence-electron chi connectivity index (χ2n) is 3.78. The van der Waals surface area contributed by atoms with Gasteiger partial charge < -0.3 is 8.85 Å². The van der Waals surface area contributed by atoms with E-state index in [1.165, 1.54) is 24.5 Å². The highest BCUT2D eigenvalue weighted by Crippen LogP contribution is 2.36. The number of hydrogen-bond acceptors (Lipinski definition) is 2. The van der Waals surface area contributed by atoms with Crippen molar-refractivity contribution < 1.29 is 8.85 Å². The zero-order chi connectivity index (χ0) is 11.7.